The zero-order chi connectivity index (χ0) is 11.1. The molecule has 0 aliphatic carbocycles. The van der Waals surface area contributed by atoms with Gasteiger partial charge in [0.2, 0.25) is 0 Å². The summed E-state index contributed by atoms with van der Waals surface area (Å²) in [5.41, 5.74) is 0. The summed E-state index contributed by atoms with van der Waals surface area (Å²) in [6.45, 7) is 0. The fourth-order valence-corrected chi connectivity index (χ4v) is 1.61. The molecular formula is C12H10BrClO. The van der Waals surface area contributed by atoms with Gasteiger partial charge in [-0.2, -0.15) is 0 Å². The van der Waals surface area contributed by atoms with E-state index in [-0.39, 0.29) is 0 Å². The minimum Gasteiger partial charge on any atom is -0.508 e. The number of benzene rings is 2. The molecule has 0 saturated heterocycles. The molecule has 0 saturated carbocycles. The molecular weight excluding hydrogens is 275 g/mol. The Hall–Kier alpha value is -0.990. The molecule has 1 nitrogen and oxygen atoms in total. The molecule has 3 heteroatoms. The molecule has 0 bridgehead atoms. The Morgan fingerprint density at radius 1 is 0.933 bits per heavy atom. The van der Waals surface area contributed by atoms with Crippen LogP contribution in [0.2, 0.25) is 5.02 Å². The van der Waals surface area contributed by atoms with Gasteiger partial charge in [-0.15, -0.1) is 0 Å². The minimum absolute atomic E-state index is 0.322. The van der Waals surface area contributed by atoms with Crippen molar-refractivity contribution in [2.75, 3.05) is 0 Å². The lowest BCUT2D eigenvalue weighted by atomic mass is 10.3. The van der Waals surface area contributed by atoms with Gasteiger partial charge in [-0.25, -0.2) is 0 Å². The second-order valence-corrected chi connectivity index (χ2v) is 4.13. The maximum absolute atomic E-state index is 8.63. The lowest BCUT2D eigenvalue weighted by Gasteiger charge is -1.87. The molecule has 0 aromatic heterocycles. The summed E-state index contributed by atoms with van der Waals surface area (Å²) in [4.78, 5) is 0. The van der Waals surface area contributed by atoms with Crippen molar-refractivity contribution in [3.63, 3.8) is 0 Å². The predicted molar refractivity (Wildman–Crippen MR) is 67.3 cm³/mol. The van der Waals surface area contributed by atoms with Crippen LogP contribution >= 0.6 is 27.5 Å². The predicted octanol–water partition coefficient (Wildman–Crippen LogP) is 4.49. The highest BCUT2D eigenvalue weighted by molar-refractivity contribution is 9.10. The monoisotopic (exact) mass is 284 g/mol. The van der Waals surface area contributed by atoms with Crippen LogP contribution in [0.4, 0.5) is 0 Å². The number of hydrogen-bond acceptors (Lipinski definition) is 1. The van der Waals surface area contributed by atoms with Crippen molar-refractivity contribution >= 4 is 27.5 Å². The van der Waals surface area contributed by atoms with Crippen molar-refractivity contribution in [2.24, 2.45) is 0 Å². The number of rotatable bonds is 0. The van der Waals surface area contributed by atoms with E-state index in [9.17, 15) is 0 Å². The topological polar surface area (TPSA) is 20.2 Å². The van der Waals surface area contributed by atoms with Crippen LogP contribution in [-0.2, 0) is 0 Å². The van der Waals surface area contributed by atoms with Crippen LogP contribution in [0.1, 0.15) is 0 Å². The number of phenolic OH excluding ortho intramolecular Hbond substituents is 1. The smallest absolute Gasteiger partial charge is 0.115 e. The van der Waals surface area contributed by atoms with E-state index in [0.717, 1.165) is 9.50 Å². The molecule has 78 valence electrons. The number of halogens is 2. The van der Waals surface area contributed by atoms with E-state index >= 15 is 0 Å². The standard InChI is InChI=1S/C6H4BrCl.C6H6O/c7-5-2-1-3-6(8)4-5;7-6-4-2-1-3-5-6/h1-4H;1-5,7H. The summed E-state index contributed by atoms with van der Waals surface area (Å²) < 4.78 is 1.02. The fraction of sp³-hybridized carbons (Fsp3) is 0. The quantitative estimate of drug-likeness (QED) is 0.756. The third-order valence-electron chi connectivity index (χ3n) is 1.54. The molecule has 0 radical (unpaired) electrons. The molecule has 0 aliphatic heterocycles. The second-order valence-electron chi connectivity index (χ2n) is 2.78. The van der Waals surface area contributed by atoms with Crippen molar-refractivity contribution in [2.45, 2.75) is 0 Å². The summed E-state index contributed by atoms with van der Waals surface area (Å²) >= 11 is 8.89. The van der Waals surface area contributed by atoms with E-state index in [1.807, 2.05) is 30.3 Å². The van der Waals surface area contributed by atoms with Crippen molar-refractivity contribution in [1.29, 1.82) is 0 Å². The van der Waals surface area contributed by atoms with Gasteiger partial charge in [0.25, 0.3) is 0 Å². The van der Waals surface area contributed by atoms with Crippen LogP contribution in [-0.4, -0.2) is 5.11 Å². The van der Waals surface area contributed by atoms with E-state index in [0.29, 0.717) is 5.75 Å². The summed E-state index contributed by atoms with van der Waals surface area (Å²) in [6.07, 6.45) is 0. The Bertz CT molecular complexity index is 386. The first-order chi connectivity index (χ1) is 7.18. The Kier molecular flexibility index (Phi) is 5.22. The average molecular weight is 286 g/mol. The van der Waals surface area contributed by atoms with E-state index in [2.05, 4.69) is 15.9 Å². The van der Waals surface area contributed by atoms with Crippen molar-refractivity contribution in [1.82, 2.24) is 0 Å². The summed E-state index contributed by atoms with van der Waals surface area (Å²) in [5.74, 6) is 0.322. The molecule has 0 aliphatic rings. The van der Waals surface area contributed by atoms with Gasteiger partial charge in [0.15, 0.2) is 0 Å². The van der Waals surface area contributed by atoms with Crippen molar-refractivity contribution < 1.29 is 5.11 Å². The highest BCUT2D eigenvalue weighted by atomic mass is 79.9. The third-order valence-corrected chi connectivity index (χ3v) is 2.27. The van der Waals surface area contributed by atoms with Crippen LogP contribution in [0.25, 0.3) is 0 Å². The van der Waals surface area contributed by atoms with Gasteiger partial charge < -0.3 is 5.11 Å². The SMILES string of the molecule is Clc1cccc(Br)c1.Oc1ccccc1. The van der Waals surface area contributed by atoms with E-state index in [1.165, 1.54) is 0 Å². The first-order valence-electron chi connectivity index (χ1n) is 4.33. The lowest BCUT2D eigenvalue weighted by molar-refractivity contribution is 0.475. The Balaban J connectivity index is 0.000000151. The first-order valence-corrected chi connectivity index (χ1v) is 5.50. The molecule has 2 aromatic rings. The Morgan fingerprint density at radius 3 is 1.93 bits per heavy atom. The molecule has 2 rings (SSSR count). The molecule has 0 atom stereocenters. The van der Waals surface area contributed by atoms with E-state index in [1.54, 1.807) is 24.3 Å². The maximum Gasteiger partial charge on any atom is 0.115 e. The normalized spacial score (nSPS) is 8.93. The molecule has 0 spiro atoms. The van der Waals surface area contributed by atoms with Gasteiger partial charge >= 0.3 is 0 Å². The van der Waals surface area contributed by atoms with E-state index < -0.39 is 0 Å². The van der Waals surface area contributed by atoms with Gasteiger partial charge in [0.05, 0.1) is 0 Å². The van der Waals surface area contributed by atoms with Crippen molar-refractivity contribution in [3.05, 3.63) is 64.1 Å². The van der Waals surface area contributed by atoms with Crippen LogP contribution in [0.5, 0.6) is 5.75 Å². The Labute approximate surface area is 102 Å². The molecule has 1 N–H and O–H groups in total. The van der Waals surface area contributed by atoms with Gasteiger partial charge in [-0.1, -0.05) is 51.8 Å². The van der Waals surface area contributed by atoms with Crippen LogP contribution in [0.3, 0.4) is 0 Å². The highest BCUT2D eigenvalue weighted by Gasteiger charge is 1.84. The van der Waals surface area contributed by atoms with Gasteiger partial charge in [0, 0.05) is 9.50 Å². The largest absolute Gasteiger partial charge is 0.508 e. The van der Waals surface area contributed by atoms with Crippen LogP contribution in [0, 0.1) is 0 Å². The fourth-order valence-electron chi connectivity index (χ4n) is 0.888. The summed E-state index contributed by atoms with van der Waals surface area (Å²) in [6, 6.07) is 16.2. The molecule has 2 aromatic carbocycles. The van der Waals surface area contributed by atoms with Gasteiger partial charge in [-0.3, -0.25) is 0 Å². The highest BCUT2D eigenvalue weighted by Crippen LogP contribution is 2.14. The molecule has 15 heavy (non-hydrogen) atoms. The Morgan fingerprint density at radius 2 is 1.60 bits per heavy atom. The third kappa shape index (κ3) is 5.45. The zero-order valence-electron chi connectivity index (χ0n) is 7.90. The summed E-state index contributed by atoms with van der Waals surface area (Å²) in [7, 11) is 0. The van der Waals surface area contributed by atoms with Crippen molar-refractivity contribution in [3.8, 4) is 5.75 Å². The van der Waals surface area contributed by atoms with E-state index in [4.69, 9.17) is 16.7 Å². The number of hydrogen-bond donors (Lipinski definition) is 1. The average Bonchev–Trinajstić information content (AvgIpc) is 2.19. The zero-order valence-corrected chi connectivity index (χ0v) is 10.2. The molecule has 0 heterocycles. The molecule has 0 amide bonds. The van der Waals surface area contributed by atoms with Gasteiger partial charge in [-0.05, 0) is 30.3 Å². The summed E-state index contributed by atoms with van der Waals surface area (Å²) in [5, 5.41) is 9.40. The van der Waals surface area contributed by atoms with Gasteiger partial charge in [0.1, 0.15) is 5.75 Å². The maximum atomic E-state index is 8.63. The number of phenols is 1. The second kappa shape index (κ2) is 6.49. The number of aromatic hydroxyl groups is 1. The molecule has 0 unspecified atom stereocenters. The molecule has 0 fully saturated rings. The van der Waals surface area contributed by atoms with Crippen LogP contribution < -0.4 is 0 Å². The van der Waals surface area contributed by atoms with Crippen LogP contribution in [0.15, 0.2) is 59.1 Å². The lowest BCUT2D eigenvalue weighted by Crippen LogP contribution is -1.61. The number of para-hydroxylation sites is 1. The minimum atomic E-state index is 0.322. The first kappa shape index (κ1) is 12.1.